The zero-order valence-corrected chi connectivity index (χ0v) is 24.4. The molecule has 12 heteroatoms. The molecule has 2 aliphatic heterocycles. The van der Waals surface area contributed by atoms with Gasteiger partial charge in [-0.1, -0.05) is 45.1 Å². The third kappa shape index (κ3) is 5.95. The van der Waals surface area contributed by atoms with Gasteiger partial charge in [0.2, 0.25) is 0 Å². The lowest BCUT2D eigenvalue weighted by molar-refractivity contribution is -0.133. The number of carbonyl (C=O) groups is 2. The van der Waals surface area contributed by atoms with E-state index in [4.69, 9.17) is 4.99 Å². The Morgan fingerprint density at radius 1 is 1.12 bits per heavy atom. The highest BCUT2D eigenvalue weighted by atomic mass is 19.4. The number of hydrogen-bond donors (Lipinski definition) is 4. The van der Waals surface area contributed by atoms with Crippen LogP contribution in [0.5, 0.6) is 0 Å². The largest absolute Gasteiger partial charge is 0.412 e. The molecule has 1 saturated carbocycles. The molecule has 1 spiro atoms. The number of hydrazone groups is 1. The smallest absolute Gasteiger partial charge is 0.345 e. The number of hydrazine groups is 2. The van der Waals surface area contributed by atoms with Crippen molar-refractivity contribution in [2.24, 2.45) is 21.4 Å². The molecule has 42 heavy (non-hydrogen) atoms. The summed E-state index contributed by atoms with van der Waals surface area (Å²) in [5, 5.41) is 6.72. The second-order valence-corrected chi connectivity index (χ2v) is 12.5. The van der Waals surface area contributed by atoms with Crippen molar-refractivity contribution in [3.8, 4) is 0 Å². The third-order valence-electron chi connectivity index (χ3n) is 8.93. The number of nitrogens with one attached hydrogen (secondary N) is 4. The Morgan fingerprint density at radius 3 is 2.36 bits per heavy atom. The summed E-state index contributed by atoms with van der Waals surface area (Å²) in [6.07, 6.45) is 1.24. The minimum atomic E-state index is -4.38. The summed E-state index contributed by atoms with van der Waals surface area (Å²) in [4.78, 5) is 33.6. The summed E-state index contributed by atoms with van der Waals surface area (Å²) in [5.74, 6) is 0.513. The molecule has 0 unspecified atom stereocenters. The van der Waals surface area contributed by atoms with Crippen LogP contribution >= 0.6 is 0 Å². The van der Waals surface area contributed by atoms with Crippen LogP contribution in [-0.4, -0.2) is 46.6 Å². The van der Waals surface area contributed by atoms with Crippen molar-refractivity contribution in [2.75, 3.05) is 6.54 Å². The molecule has 2 heterocycles. The number of aliphatic imine (C=N–C) groups is 1. The Hall–Kier alpha value is -3.67. The quantitative estimate of drug-likeness (QED) is 0.383. The molecule has 9 nitrogen and oxygen atoms in total. The van der Waals surface area contributed by atoms with E-state index in [0.717, 1.165) is 24.5 Å². The van der Waals surface area contributed by atoms with Crippen LogP contribution in [0.1, 0.15) is 88.2 Å². The molecule has 1 fully saturated rings. The predicted octanol–water partition coefficient (Wildman–Crippen LogP) is 4.83. The predicted molar refractivity (Wildman–Crippen MR) is 154 cm³/mol. The summed E-state index contributed by atoms with van der Waals surface area (Å²) in [7, 11) is 0. The molecule has 0 bridgehead atoms. The van der Waals surface area contributed by atoms with Gasteiger partial charge < -0.3 is 10.2 Å². The van der Waals surface area contributed by atoms with Gasteiger partial charge in [0.15, 0.2) is 5.84 Å². The summed E-state index contributed by atoms with van der Waals surface area (Å²) < 4.78 is 39.7. The first-order valence-corrected chi connectivity index (χ1v) is 14.4. The van der Waals surface area contributed by atoms with Crippen LogP contribution in [0.4, 0.5) is 13.2 Å². The number of alkyl halides is 3. The molecular formula is C30H38F3N7O2. The van der Waals surface area contributed by atoms with Crippen molar-refractivity contribution < 1.29 is 22.8 Å². The normalized spacial score (nSPS) is 25.3. The van der Waals surface area contributed by atoms with Crippen molar-refractivity contribution in [3.63, 3.8) is 0 Å². The standard InChI is InChI=1S/C30H38F3N7O2/c1-18(19-5-7-21(8-6-19)26(41)34-17-24-36-38-39-37-24)40-27(42)25(20-9-11-23(12-10-20)30(31,32)33)35-29(40)15-13-22(14-16-29)28(2,3)4/h5-9,11,18,22,38-39H,10,12-17H2,1-4H3,(H,34,41)(H,36,37)/t18-,22?,29?/m1/s1. The Bertz CT molecular complexity index is 1350. The summed E-state index contributed by atoms with van der Waals surface area (Å²) >= 11 is 0. The van der Waals surface area contributed by atoms with E-state index in [0.29, 0.717) is 35.7 Å². The van der Waals surface area contributed by atoms with Gasteiger partial charge in [-0.15, -0.1) is 10.6 Å². The average Bonchev–Trinajstić information content (AvgIpc) is 3.57. The van der Waals surface area contributed by atoms with Crippen LogP contribution in [0.2, 0.25) is 0 Å². The topological polar surface area (TPSA) is 110 Å². The summed E-state index contributed by atoms with van der Waals surface area (Å²) in [5.41, 5.74) is 8.83. The Kier molecular flexibility index (Phi) is 7.95. The number of amides is 2. The van der Waals surface area contributed by atoms with Crippen LogP contribution in [0.3, 0.4) is 0 Å². The highest BCUT2D eigenvalue weighted by Crippen LogP contribution is 2.49. The lowest BCUT2D eigenvalue weighted by Crippen LogP contribution is -2.51. The molecule has 0 saturated heterocycles. The van der Waals surface area contributed by atoms with Gasteiger partial charge in [-0.2, -0.15) is 13.2 Å². The van der Waals surface area contributed by atoms with Gasteiger partial charge in [-0.05, 0) is 80.1 Å². The third-order valence-corrected chi connectivity index (χ3v) is 8.93. The number of amidine groups is 1. The Labute approximate surface area is 243 Å². The Balaban J connectivity index is 1.39. The summed E-state index contributed by atoms with van der Waals surface area (Å²) in [6.45, 7) is 8.85. The van der Waals surface area contributed by atoms with Gasteiger partial charge in [-0.3, -0.25) is 20.0 Å². The molecule has 0 aromatic heterocycles. The molecule has 226 valence electrons. The van der Waals surface area contributed by atoms with Gasteiger partial charge in [0, 0.05) is 11.1 Å². The van der Waals surface area contributed by atoms with E-state index in [-0.39, 0.29) is 48.4 Å². The van der Waals surface area contributed by atoms with Crippen molar-refractivity contribution >= 4 is 23.4 Å². The van der Waals surface area contributed by atoms with Crippen LogP contribution < -0.4 is 21.8 Å². The molecule has 2 aliphatic carbocycles. The number of rotatable bonds is 6. The van der Waals surface area contributed by atoms with E-state index >= 15 is 0 Å². The lowest BCUT2D eigenvalue weighted by Gasteiger charge is -2.46. The van der Waals surface area contributed by atoms with E-state index < -0.39 is 17.4 Å². The fourth-order valence-electron chi connectivity index (χ4n) is 6.36. The molecule has 4 aliphatic rings. The number of benzene rings is 1. The number of halogens is 3. The Morgan fingerprint density at radius 2 is 1.81 bits per heavy atom. The number of hydrogen-bond acceptors (Lipinski definition) is 7. The average molecular weight is 586 g/mol. The van der Waals surface area contributed by atoms with Crippen LogP contribution in [0.25, 0.3) is 0 Å². The maximum Gasteiger partial charge on any atom is 0.412 e. The molecule has 1 aromatic carbocycles. The van der Waals surface area contributed by atoms with E-state index in [1.54, 1.807) is 12.1 Å². The first kappa shape index (κ1) is 29.8. The zero-order chi connectivity index (χ0) is 30.3. The second kappa shape index (κ2) is 11.2. The first-order chi connectivity index (χ1) is 19.8. The number of carbonyl (C=O) groups excluding carboxylic acids is 2. The van der Waals surface area contributed by atoms with Crippen LogP contribution in [0, 0.1) is 11.3 Å². The highest BCUT2D eigenvalue weighted by molar-refractivity contribution is 6.46. The highest BCUT2D eigenvalue weighted by Gasteiger charge is 2.52. The van der Waals surface area contributed by atoms with E-state index in [1.807, 2.05) is 24.0 Å². The monoisotopic (exact) mass is 585 g/mol. The van der Waals surface area contributed by atoms with Crippen LogP contribution in [0.15, 0.2) is 57.7 Å². The maximum atomic E-state index is 14.1. The van der Waals surface area contributed by atoms with Gasteiger partial charge in [0.1, 0.15) is 11.4 Å². The van der Waals surface area contributed by atoms with Crippen molar-refractivity contribution in [3.05, 3.63) is 58.7 Å². The van der Waals surface area contributed by atoms with Gasteiger partial charge in [0.25, 0.3) is 11.8 Å². The maximum absolute atomic E-state index is 14.1. The SMILES string of the molecule is C[C@H](c1ccc(C(=O)NCC2=NNNN2)cc1)N1C(=O)C(C2=CC=C(C(F)(F)F)CC2)=NC12CCC(C(C)(C)C)CC2. The molecular weight excluding hydrogens is 547 g/mol. The molecule has 2 amide bonds. The fourth-order valence-corrected chi connectivity index (χ4v) is 6.36. The van der Waals surface area contributed by atoms with E-state index in [2.05, 4.69) is 47.7 Å². The molecule has 4 N–H and O–H groups in total. The summed E-state index contributed by atoms with van der Waals surface area (Å²) in [6, 6.07) is 6.76. The van der Waals surface area contributed by atoms with Crippen molar-refractivity contribution in [1.82, 2.24) is 26.7 Å². The molecule has 5 rings (SSSR count). The first-order valence-electron chi connectivity index (χ1n) is 14.4. The van der Waals surface area contributed by atoms with E-state index in [9.17, 15) is 22.8 Å². The minimum Gasteiger partial charge on any atom is -0.345 e. The fraction of sp³-hybridized carbons (Fsp3) is 0.533. The molecule has 0 radical (unpaired) electrons. The van der Waals surface area contributed by atoms with Gasteiger partial charge in [-0.25, -0.2) is 5.53 Å². The van der Waals surface area contributed by atoms with Crippen molar-refractivity contribution in [2.45, 2.75) is 84.1 Å². The zero-order valence-electron chi connectivity index (χ0n) is 24.4. The molecule has 1 aromatic rings. The molecule has 1 atom stereocenters. The second-order valence-electron chi connectivity index (χ2n) is 12.5. The lowest BCUT2D eigenvalue weighted by atomic mass is 9.69. The number of allylic oxidation sites excluding steroid dienone is 3. The minimum absolute atomic E-state index is 0.122. The number of nitrogens with zero attached hydrogens (tertiary/aromatic N) is 3. The van der Waals surface area contributed by atoms with E-state index in [1.165, 1.54) is 6.08 Å². The van der Waals surface area contributed by atoms with Crippen molar-refractivity contribution in [1.29, 1.82) is 0 Å². The van der Waals surface area contributed by atoms with Gasteiger partial charge in [0.05, 0.1) is 12.6 Å². The van der Waals surface area contributed by atoms with Gasteiger partial charge >= 0.3 is 6.18 Å². The van der Waals surface area contributed by atoms with Crippen LogP contribution in [-0.2, 0) is 4.79 Å².